The predicted molar refractivity (Wildman–Crippen MR) is 143 cm³/mol. The van der Waals surface area contributed by atoms with Crippen LogP contribution in [0.4, 0.5) is 4.79 Å². The van der Waals surface area contributed by atoms with Gasteiger partial charge in [0.05, 0.1) is 21.5 Å². The molecule has 174 valence electrons. The zero-order valence-electron chi connectivity index (χ0n) is 18.4. The van der Waals surface area contributed by atoms with E-state index in [9.17, 15) is 9.59 Å². The lowest BCUT2D eigenvalue weighted by molar-refractivity contribution is -0.123. The van der Waals surface area contributed by atoms with E-state index in [1.807, 2.05) is 36.4 Å². The van der Waals surface area contributed by atoms with Gasteiger partial charge in [0.25, 0.3) is 11.1 Å². The largest absolute Gasteiger partial charge is 0.489 e. The fourth-order valence-corrected chi connectivity index (χ4v) is 4.92. The molecule has 1 heterocycles. The smallest absolute Gasteiger partial charge is 0.293 e. The number of amides is 2. The number of nitrogens with zero attached hydrogens (tertiary/aromatic N) is 1. The van der Waals surface area contributed by atoms with Crippen LogP contribution in [0.1, 0.15) is 16.7 Å². The molecule has 0 aromatic heterocycles. The summed E-state index contributed by atoms with van der Waals surface area (Å²) in [6.45, 7) is 0.595. The zero-order chi connectivity index (χ0) is 24.4. The van der Waals surface area contributed by atoms with E-state index in [1.54, 1.807) is 24.3 Å². The highest BCUT2D eigenvalue weighted by Gasteiger charge is 2.35. The number of hydrogen-bond donors (Lipinski definition) is 0. The number of hydrogen-bond acceptors (Lipinski definition) is 4. The first-order valence-electron chi connectivity index (χ1n) is 10.9. The fourth-order valence-electron chi connectivity index (χ4n) is 3.76. The van der Waals surface area contributed by atoms with Gasteiger partial charge >= 0.3 is 0 Å². The van der Waals surface area contributed by atoms with Crippen molar-refractivity contribution in [3.8, 4) is 5.75 Å². The number of benzene rings is 4. The Kier molecular flexibility index (Phi) is 6.82. The number of halogens is 2. The van der Waals surface area contributed by atoms with E-state index in [0.717, 1.165) is 34.2 Å². The summed E-state index contributed by atoms with van der Waals surface area (Å²) >= 11 is 12.9. The number of rotatable bonds is 6. The maximum Gasteiger partial charge on any atom is 0.293 e. The molecule has 0 aliphatic carbocycles. The number of ether oxygens (including phenoxy) is 1. The lowest BCUT2D eigenvalue weighted by Crippen LogP contribution is -2.27. The van der Waals surface area contributed by atoms with Crippen LogP contribution in [0.5, 0.6) is 5.75 Å². The molecule has 4 aromatic carbocycles. The third-order valence-electron chi connectivity index (χ3n) is 5.60. The molecule has 0 radical (unpaired) electrons. The maximum atomic E-state index is 12.8. The van der Waals surface area contributed by atoms with Crippen molar-refractivity contribution in [1.29, 1.82) is 0 Å². The molecule has 0 bridgehead atoms. The molecule has 0 spiro atoms. The Bertz CT molecular complexity index is 1470. The lowest BCUT2D eigenvalue weighted by atomic mass is 10.1. The highest BCUT2D eigenvalue weighted by Crippen LogP contribution is 2.34. The summed E-state index contributed by atoms with van der Waals surface area (Å²) in [6.07, 6.45) is 1.72. The van der Waals surface area contributed by atoms with Crippen molar-refractivity contribution in [2.45, 2.75) is 13.2 Å². The zero-order valence-corrected chi connectivity index (χ0v) is 20.7. The molecule has 1 aliphatic rings. The topological polar surface area (TPSA) is 46.6 Å². The summed E-state index contributed by atoms with van der Waals surface area (Å²) in [5.41, 5.74) is 2.63. The van der Waals surface area contributed by atoms with Gasteiger partial charge in [-0.15, -0.1) is 0 Å². The normalized spacial score (nSPS) is 14.8. The summed E-state index contributed by atoms with van der Waals surface area (Å²) in [7, 11) is 0. The molecule has 1 fully saturated rings. The molecular weight excluding hydrogens is 501 g/mol. The van der Waals surface area contributed by atoms with Crippen molar-refractivity contribution in [1.82, 2.24) is 4.90 Å². The molecule has 4 aromatic rings. The van der Waals surface area contributed by atoms with Crippen molar-refractivity contribution < 1.29 is 14.3 Å². The van der Waals surface area contributed by atoms with Crippen LogP contribution >= 0.6 is 35.0 Å². The molecule has 0 N–H and O–H groups in total. The Labute approximate surface area is 217 Å². The maximum absolute atomic E-state index is 12.8. The van der Waals surface area contributed by atoms with Gasteiger partial charge < -0.3 is 4.74 Å². The van der Waals surface area contributed by atoms with Crippen molar-refractivity contribution in [2.24, 2.45) is 0 Å². The highest BCUT2D eigenvalue weighted by molar-refractivity contribution is 8.18. The second kappa shape index (κ2) is 10.2. The van der Waals surface area contributed by atoms with E-state index in [0.29, 0.717) is 21.6 Å². The molecule has 1 aliphatic heterocycles. The Morgan fingerprint density at radius 3 is 2.31 bits per heavy atom. The van der Waals surface area contributed by atoms with Crippen molar-refractivity contribution in [3.63, 3.8) is 0 Å². The van der Waals surface area contributed by atoms with Crippen LogP contribution in [0.2, 0.25) is 10.0 Å². The summed E-state index contributed by atoms with van der Waals surface area (Å²) in [5.74, 6) is 0.394. The predicted octanol–water partition coefficient (Wildman–Crippen LogP) is 7.96. The van der Waals surface area contributed by atoms with Crippen LogP contribution in [-0.4, -0.2) is 16.0 Å². The summed E-state index contributed by atoms with van der Waals surface area (Å²) in [5, 5.41) is 2.87. The Hall–Kier alpha value is -3.25. The van der Waals surface area contributed by atoms with Gasteiger partial charge in [-0.1, -0.05) is 77.8 Å². The number of thioether (sulfide) groups is 1. The lowest BCUT2D eigenvalue weighted by Gasteiger charge is -2.13. The van der Waals surface area contributed by atoms with E-state index < -0.39 is 0 Å². The van der Waals surface area contributed by atoms with E-state index in [4.69, 9.17) is 27.9 Å². The molecule has 1 saturated heterocycles. The van der Waals surface area contributed by atoms with Gasteiger partial charge in [-0.25, -0.2) is 0 Å². The van der Waals surface area contributed by atoms with E-state index >= 15 is 0 Å². The average Bonchev–Trinajstić information content (AvgIpc) is 3.13. The van der Waals surface area contributed by atoms with Crippen LogP contribution in [0.3, 0.4) is 0 Å². The number of fused-ring (bicyclic) bond motifs is 1. The SMILES string of the molecule is O=C1S/C(=C\c2ccc(OCc3ccc4ccccc4c3)cc2)C(=O)N1Cc1ccc(Cl)c(Cl)c1. The van der Waals surface area contributed by atoms with Gasteiger partial charge in [-0.05, 0) is 75.6 Å². The quantitative estimate of drug-likeness (QED) is 0.242. The van der Waals surface area contributed by atoms with E-state index in [2.05, 4.69) is 30.3 Å². The minimum atomic E-state index is -0.331. The molecule has 35 heavy (non-hydrogen) atoms. The third kappa shape index (κ3) is 5.38. The minimum absolute atomic E-state index is 0.139. The van der Waals surface area contributed by atoms with Gasteiger partial charge in [0.2, 0.25) is 0 Å². The third-order valence-corrected chi connectivity index (χ3v) is 7.24. The molecule has 5 rings (SSSR count). The van der Waals surface area contributed by atoms with Crippen molar-refractivity contribution in [2.75, 3.05) is 0 Å². The first-order chi connectivity index (χ1) is 17.0. The second-order valence-corrected chi connectivity index (χ2v) is 9.86. The van der Waals surface area contributed by atoms with Crippen LogP contribution in [0, 0.1) is 0 Å². The van der Waals surface area contributed by atoms with Crippen molar-refractivity contribution >= 4 is 63.0 Å². The van der Waals surface area contributed by atoms with Crippen LogP contribution < -0.4 is 4.74 Å². The highest BCUT2D eigenvalue weighted by atomic mass is 35.5. The van der Waals surface area contributed by atoms with Crippen molar-refractivity contribution in [3.05, 3.63) is 117 Å². The Morgan fingerprint density at radius 1 is 0.800 bits per heavy atom. The Morgan fingerprint density at radius 2 is 1.54 bits per heavy atom. The van der Waals surface area contributed by atoms with Crippen LogP contribution in [0.25, 0.3) is 16.8 Å². The van der Waals surface area contributed by atoms with E-state index in [-0.39, 0.29) is 17.7 Å². The standard InChI is InChI=1S/C28H19Cl2NO3S/c29-24-12-8-19(14-25(24)30)16-31-27(32)26(35-28(31)33)15-18-6-10-23(11-7-18)34-17-20-5-9-21-3-1-2-4-22(21)13-20/h1-15H,16-17H2/b26-15-. The van der Waals surface area contributed by atoms with Crippen LogP contribution in [0.15, 0.2) is 89.8 Å². The monoisotopic (exact) mass is 519 g/mol. The summed E-state index contributed by atoms with van der Waals surface area (Å²) < 4.78 is 5.93. The molecule has 0 saturated carbocycles. The number of imide groups is 1. The second-order valence-electron chi connectivity index (χ2n) is 8.06. The van der Waals surface area contributed by atoms with E-state index in [1.165, 1.54) is 15.7 Å². The molecular formula is C28H19Cl2NO3S. The molecule has 2 amide bonds. The van der Waals surface area contributed by atoms with Gasteiger partial charge in [-0.2, -0.15) is 0 Å². The van der Waals surface area contributed by atoms with Gasteiger partial charge in [0, 0.05) is 0 Å². The minimum Gasteiger partial charge on any atom is -0.489 e. The summed E-state index contributed by atoms with van der Waals surface area (Å²) in [4.78, 5) is 26.9. The average molecular weight is 520 g/mol. The van der Waals surface area contributed by atoms with Gasteiger partial charge in [0.15, 0.2) is 0 Å². The number of carbonyl (C=O) groups is 2. The molecule has 0 unspecified atom stereocenters. The molecule has 7 heteroatoms. The summed E-state index contributed by atoms with van der Waals surface area (Å²) in [6, 6.07) is 27.0. The van der Waals surface area contributed by atoms with Gasteiger partial charge in [0.1, 0.15) is 12.4 Å². The fraction of sp³-hybridized carbons (Fsp3) is 0.0714. The molecule has 0 atom stereocenters. The van der Waals surface area contributed by atoms with Crippen LogP contribution in [-0.2, 0) is 17.9 Å². The number of carbonyl (C=O) groups excluding carboxylic acids is 2. The Balaban J connectivity index is 1.23. The van der Waals surface area contributed by atoms with Gasteiger partial charge in [-0.3, -0.25) is 14.5 Å². The first-order valence-corrected chi connectivity index (χ1v) is 12.4. The first kappa shape index (κ1) is 23.5. The molecule has 4 nitrogen and oxygen atoms in total.